The van der Waals surface area contributed by atoms with Gasteiger partial charge in [0, 0.05) is 49.9 Å². The number of nitrogens with one attached hydrogen (secondary N) is 19. The van der Waals surface area contributed by atoms with Crippen LogP contribution in [0.25, 0.3) is 0 Å². The minimum atomic E-state index is -2.33. The highest BCUT2D eigenvalue weighted by molar-refractivity contribution is 7.98. The van der Waals surface area contributed by atoms with Crippen molar-refractivity contribution < 1.29 is 151 Å². The number of thioether (sulfide) groups is 1. The van der Waals surface area contributed by atoms with Gasteiger partial charge in [-0.3, -0.25) is 116 Å². The van der Waals surface area contributed by atoms with E-state index in [2.05, 4.69) is 91.7 Å². The summed E-state index contributed by atoms with van der Waals surface area (Å²) in [5.74, 6) is -33.8. The normalized spacial score (nSPS) is 14.7. The van der Waals surface area contributed by atoms with Crippen LogP contribution >= 0.6 is 24.4 Å². The number of aliphatic carboxylic acids is 7. The smallest absolute Gasteiger partial charge is 0.326 e. The van der Waals surface area contributed by atoms with E-state index in [1.165, 1.54) is 31.2 Å². The number of imidazole rings is 1. The third-order valence-electron chi connectivity index (χ3n) is 20.5. The summed E-state index contributed by atoms with van der Waals surface area (Å²) in [7, 11) is 0. The lowest BCUT2D eigenvalue weighted by molar-refractivity contribution is -0.148. The SMILES string of the molecule is CC[C@H](C)[C@H](NC(=O)[C@H](CCCCN)NC(=O)[C@H](CCC(=O)O)NC(=O)[C@H](CCSC)NC(=O)[C@@H](NC(=O)[C@H](Cc1cnc[nH]1)NC(=O)[C@H](CCCCN)NC(=O)[C@H](CCC(=O)O)NC(=O)[C@@H](N)CS)[C@@H](C)CC)C(=O)N[C@@H](CCC(N)=O)C(=O)NCC(=O)N[C@@H](CCCNC(=N)N)C(=O)NCC(=O)N[C@@H](CC(=O)O)C(=O)N[C@@H](CC(=O)O)C(=O)N[C@@H](CC(=O)O)C(=O)N[C@@H](CC(=O)O)C(=O)O. The summed E-state index contributed by atoms with van der Waals surface area (Å²) in [5.41, 5.74) is 28.5. The maximum atomic E-state index is 14.7. The molecule has 17 amide bonds. The first-order valence-electron chi connectivity index (χ1n) is 43.4. The first-order chi connectivity index (χ1) is 64.4. The fourth-order valence-electron chi connectivity index (χ4n) is 12.6. The van der Waals surface area contributed by atoms with E-state index in [1.54, 1.807) is 37.7 Å². The molecule has 0 aromatic carbocycles. The van der Waals surface area contributed by atoms with Gasteiger partial charge in [0.1, 0.15) is 84.6 Å². The molecular weight excluding hydrogens is 1860 g/mol. The van der Waals surface area contributed by atoms with Gasteiger partial charge in [-0.1, -0.05) is 40.5 Å². The van der Waals surface area contributed by atoms with Crippen LogP contribution in [0.3, 0.4) is 0 Å². The van der Waals surface area contributed by atoms with Gasteiger partial charge in [0.2, 0.25) is 100 Å². The summed E-state index contributed by atoms with van der Waals surface area (Å²) >= 11 is 5.23. The predicted octanol–water partition coefficient (Wildman–Crippen LogP) is -10.4. The van der Waals surface area contributed by atoms with Gasteiger partial charge in [-0.25, -0.2) is 9.78 Å². The Labute approximate surface area is 794 Å². The number of hydrogen-bond acceptors (Lipinski definition) is 31. The molecule has 0 aliphatic carbocycles. The molecule has 56 nitrogen and oxygen atoms in total. The van der Waals surface area contributed by atoms with E-state index in [-0.39, 0.29) is 102 Å². The highest BCUT2D eigenvalue weighted by atomic mass is 32.2. The minimum Gasteiger partial charge on any atom is -0.481 e. The Balaban J connectivity index is 3.69. The van der Waals surface area contributed by atoms with Gasteiger partial charge in [-0.05, 0) is 114 Å². The lowest BCUT2D eigenvalue weighted by atomic mass is 9.96. The number of rotatable bonds is 72. The molecular formula is C79H129N25O31S2. The predicted molar refractivity (Wildman–Crippen MR) is 483 cm³/mol. The fourth-order valence-corrected chi connectivity index (χ4v) is 13.2. The molecule has 0 radical (unpaired) electrons. The number of guanidine groups is 1. The number of nitrogens with two attached hydrogens (primary N) is 5. The second-order valence-corrected chi connectivity index (χ2v) is 32.9. The van der Waals surface area contributed by atoms with E-state index >= 15 is 0 Å². The molecule has 768 valence electrons. The molecule has 17 atom stereocenters. The van der Waals surface area contributed by atoms with E-state index in [0.29, 0.717) is 12.1 Å². The Hall–Kier alpha value is -13.7. The Kier molecular flexibility index (Phi) is 57.7. The highest BCUT2D eigenvalue weighted by Crippen LogP contribution is 2.17. The number of unbranched alkanes of at least 4 members (excludes halogenated alkanes) is 2. The zero-order chi connectivity index (χ0) is 104. The van der Waals surface area contributed by atoms with Crippen LogP contribution in [-0.4, -0.2) is 335 Å². The quantitative estimate of drug-likeness (QED) is 0.0125. The van der Waals surface area contributed by atoms with Crippen LogP contribution in [0.1, 0.15) is 168 Å². The number of primary amides is 1. The molecule has 0 bridgehead atoms. The maximum absolute atomic E-state index is 14.7. The molecule has 1 aromatic rings. The third kappa shape index (κ3) is 49.4. The van der Waals surface area contributed by atoms with Crippen molar-refractivity contribution in [2.24, 2.45) is 40.5 Å². The standard InChI is InChI=1S/C79H129N25O31S2/c1-6-37(3)62(76(132)97-44(16-19-53(83)105)66(122)89-33-54(106)91-41(15-12-25-87-79(84)85)65(121)88-34-55(107)92-49(28-58(112)113)72(128)100-50(29-59(114)115)73(129)101-51(30-60(116)117)74(130)102-52(78(134)135)31-61(118)119)103-71(127)43(14-9-11-24-81)95-69(125)46(18-21-57(110)111)96-70(126)47(22-26-137-5)98-77(133)63(38(4)7-2)104-75(131)48(27-39-32-86-36-90-39)99-67(123)42(13-8-10-23-80)94-68(124)45(17-20-56(108)109)93-64(120)40(82)35-136/h32,36-38,40-52,62-63,136H,6-31,33-35,80-82H2,1-5H3,(H2,83,105)(H,86,90)(H,88,121)(H,89,122)(H,91,106)(H,92,107)(H,93,120)(H,94,124)(H,95,125)(H,96,126)(H,97,132)(H,98,133)(H,99,123)(H,100,128)(H,101,129)(H,102,130)(H,103,127)(H,104,131)(H,108,109)(H,110,111)(H,112,113)(H,114,115)(H,116,117)(H,118,119)(H,134,135)(H4,84,85,87)/t37-,38-,40-,41-,42-,43-,44-,45-,46-,47-,48-,49-,50-,51-,52-,62-,63-/m0/s1. The van der Waals surface area contributed by atoms with Gasteiger partial charge in [0.15, 0.2) is 5.96 Å². The number of thiol groups is 1. The zero-order valence-electron chi connectivity index (χ0n) is 76.1. The minimum absolute atomic E-state index is 0.0661. The Morgan fingerprint density at radius 3 is 1.08 bits per heavy atom. The van der Waals surface area contributed by atoms with Gasteiger partial charge in [0.25, 0.3) is 0 Å². The number of carbonyl (C=O) groups is 24. The first kappa shape index (κ1) is 121. The molecule has 0 saturated heterocycles. The van der Waals surface area contributed by atoms with Crippen molar-refractivity contribution in [1.82, 2.24) is 100 Å². The maximum Gasteiger partial charge on any atom is 0.326 e. The molecule has 1 aromatic heterocycles. The fraction of sp³-hybridized carbons (Fsp3) is 0.646. The summed E-state index contributed by atoms with van der Waals surface area (Å²) in [4.78, 5) is 325. The van der Waals surface area contributed by atoms with Crippen LogP contribution in [-0.2, 0) is 121 Å². The van der Waals surface area contributed by atoms with Crippen molar-refractivity contribution in [3.63, 3.8) is 0 Å². The first-order valence-corrected chi connectivity index (χ1v) is 45.4. The molecule has 0 aliphatic heterocycles. The molecule has 0 fully saturated rings. The highest BCUT2D eigenvalue weighted by Gasteiger charge is 2.41. The van der Waals surface area contributed by atoms with E-state index in [0.717, 1.165) is 0 Å². The molecule has 137 heavy (non-hydrogen) atoms. The second-order valence-electron chi connectivity index (χ2n) is 31.5. The Morgan fingerprint density at radius 2 is 0.715 bits per heavy atom. The van der Waals surface area contributed by atoms with Crippen molar-refractivity contribution in [1.29, 1.82) is 5.41 Å². The van der Waals surface area contributed by atoms with Crippen molar-refractivity contribution in [2.45, 2.75) is 260 Å². The van der Waals surface area contributed by atoms with Crippen molar-refractivity contribution in [2.75, 3.05) is 50.5 Å². The van der Waals surface area contributed by atoms with E-state index in [1.807, 2.05) is 10.6 Å². The average molecular weight is 1990 g/mol. The number of carboxylic acids is 7. The number of aromatic nitrogens is 2. The van der Waals surface area contributed by atoms with Gasteiger partial charge < -0.3 is 160 Å². The topological polar surface area (TPSA) is 938 Å². The lowest BCUT2D eigenvalue weighted by Gasteiger charge is -2.30. The molecule has 0 saturated carbocycles. The molecule has 1 heterocycles. The molecule has 0 aliphatic rings. The molecule has 36 N–H and O–H groups in total. The van der Waals surface area contributed by atoms with E-state index < -0.39 is 328 Å². The van der Waals surface area contributed by atoms with Crippen LogP contribution in [0, 0.1) is 17.2 Å². The van der Waals surface area contributed by atoms with E-state index in [4.69, 9.17) is 39.2 Å². The van der Waals surface area contributed by atoms with E-state index in [9.17, 15) is 146 Å². The van der Waals surface area contributed by atoms with Gasteiger partial charge in [-0.15, -0.1) is 0 Å². The second kappa shape index (κ2) is 65.1. The number of aromatic amines is 1. The molecule has 58 heteroatoms. The van der Waals surface area contributed by atoms with Crippen LogP contribution in [0.5, 0.6) is 0 Å². The van der Waals surface area contributed by atoms with Gasteiger partial charge in [-0.2, -0.15) is 24.4 Å². The molecule has 0 spiro atoms. The van der Waals surface area contributed by atoms with Crippen molar-refractivity contribution in [3.8, 4) is 0 Å². The number of carbonyl (C=O) groups excluding carboxylic acids is 17. The summed E-state index contributed by atoms with van der Waals surface area (Å²) in [6, 6.07) is -26.3. The summed E-state index contributed by atoms with van der Waals surface area (Å²) in [6.45, 7) is 4.29. The van der Waals surface area contributed by atoms with Crippen LogP contribution < -0.4 is 119 Å². The van der Waals surface area contributed by atoms with Crippen LogP contribution in [0.15, 0.2) is 12.5 Å². The average Bonchev–Trinajstić information content (AvgIpc) is 1.67. The number of amides is 17. The number of carboxylic acid groups (broad SMARTS) is 7. The number of nitrogens with zero attached hydrogens (tertiary/aromatic N) is 1. The summed E-state index contributed by atoms with van der Waals surface area (Å²) in [6.07, 6.45) is -4.55. The monoisotopic (exact) mass is 1990 g/mol. The van der Waals surface area contributed by atoms with Crippen LogP contribution in [0.2, 0.25) is 0 Å². The lowest BCUT2D eigenvalue weighted by Crippen LogP contribution is -2.62. The zero-order valence-corrected chi connectivity index (χ0v) is 77.8. The number of H-pyrrole nitrogens is 1. The third-order valence-corrected chi connectivity index (χ3v) is 21.6. The Bertz CT molecular complexity index is 4330. The summed E-state index contributed by atoms with van der Waals surface area (Å²) in [5, 5.41) is 113. The largest absolute Gasteiger partial charge is 0.481 e. The Morgan fingerprint density at radius 1 is 0.394 bits per heavy atom. The molecule has 1 rings (SSSR count). The van der Waals surface area contributed by atoms with Crippen molar-refractivity contribution >= 4 is 173 Å². The van der Waals surface area contributed by atoms with Gasteiger partial charge in [0.05, 0.1) is 51.1 Å². The van der Waals surface area contributed by atoms with Gasteiger partial charge >= 0.3 is 41.8 Å². The van der Waals surface area contributed by atoms with Crippen molar-refractivity contribution in [3.05, 3.63) is 18.2 Å². The number of hydrogen-bond donors (Lipinski definition) is 32. The molecule has 0 unspecified atom stereocenters. The van der Waals surface area contributed by atoms with Crippen LogP contribution in [0.4, 0.5) is 0 Å². The summed E-state index contributed by atoms with van der Waals surface area (Å²) < 4.78 is 0.